The quantitative estimate of drug-likeness (QED) is 0.706. The van der Waals surface area contributed by atoms with Crippen LogP contribution < -0.4 is 5.73 Å². The van der Waals surface area contributed by atoms with Crippen molar-refractivity contribution in [1.82, 2.24) is 9.21 Å². The van der Waals surface area contributed by atoms with E-state index in [4.69, 9.17) is 5.73 Å². The van der Waals surface area contributed by atoms with Crippen LogP contribution in [0.25, 0.3) is 0 Å². The third-order valence-electron chi connectivity index (χ3n) is 5.18. The monoisotopic (exact) mass is 369 g/mol. The van der Waals surface area contributed by atoms with Gasteiger partial charge in [0.05, 0.1) is 0 Å². The lowest BCUT2D eigenvalue weighted by molar-refractivity contribution is 0.204. The molecule has 1 heterocycles. The Morgan fingerprint density at radius 1 is 1.04 bits per heavy atom. The largest absolute Gasteiger partial charge is 0.328 e. The summed E-state index contributed by atoms with van der Waals surface area (Å²) in [6, 6.07) is 22.0. The second-order valence-electron chi connectivity index (χ2n) is 7.29. The van der Waals surface area contributed by atoms with Gasteiger partial charge in [-0.15, -0.1) is 0 Å². The highest BCUT2D eigenvalue weighted by molar-refractivity contribution is 7.97. The van der Waals surface area contributed by atoms with Gasteiger partial charge in [-0.1, -0.05) is 48.5 Å². The van der Waals surface area contributed by atoms with Crippen LogP contribution in [0.15, 0.2) is 65.6 Å². The van der Waals surface area contributed by atoms with Crippen LogP contribution in [0.1, 0.15) is 30.7 Å². The minimum absolute atomic E-state index is 0.407. The van der Waals surface area contributed by atoms with Crippen LogP contribution in [0, 0.1) is 0 Å². The van der Waals surface area contributed by atoms with E-state index >= 15 is 0 Å². The van der Waals surface area contributed by atoms with E-state index in [1.54, 1.807) is 0 Å². The Kier molecular flexibility index (Phi) is 7.56. The molecule has 0 aliphatic carbocycles. The number of piperidine rings is 1. The topological polar surface area (TPSA) is 32.5 Å². The van der Waals surface area contributed by atoms with Gasteiger partial charge in [-0.2, -0.15) is 0 Å². The normalized spacial score (nSPS) is 17.5. The average Bonchev–Trinajstić information content (AvgIpc) is 2.68. The van der Waals surface area contributed by atoms with Crippen LogP contribution in [-0.4, -0.2) is 48.5 Å². The van der Waals surface area contributed by atoms with Crippen molar-refractivity contribution in [3.8, 4) is 0 Å². The molecular formula is C22H31N3S. The summed E-state index contributed by atoms with van der Waals surface area (Å²) in [5, 5.41) is 0. The minimum atomic E-state index is 0.407. The van der Waals surface area contributed by atoms with Crippen LogP contribution in [0.3, 0.4) is 0 Å². The van der Waals surface area contributed by atoms with Gasteiger partial charge in [0.2, 0.25) is 0 Å². The third-order valence-corrected chi connectivity index (χ3v) is 6.12. The van der Waals surface area contributed by atoms with E-state index in [0.29, 0.717) is 12.0 Å². The van der Waals surface area contributed by atoms with Crippen molar-refractivity contribution in [3.63, 3.8) is 0 Å². The molecule has 2 aromatic rings. The Labute approximate surface area is 162 Å². The van der Waals surface area contributed by atoms with Crippen molar-refractivity contribution in [2.75, 3.05) is 33.2 Å². The van der Waals surface area contributed by atoms with Crippen LogP contribution >= 0.6 is 11.9 Å². The van der Waals surface area contributed by atoms with Gasteiger partial charge >= 0.3 is 0 Å². The van der Waals surface area contributed by atoms with Gasteiger partial charge in [0.25, 0.3) is 0 Å². The molecule has 0 amide bonds. The van der Waals surface area contributed by atoms with E-state index in [-0.39, 0.29) is 0 Å². The fourth-order valence-electron chi connectivity index (χ4n) is 3.61. The summed E-state index contributed by atoms with van der Waals surface area (Å²) < 4.78 is 2.37. The predicted molar refractivity (Wildman–Crippen MR) is 112 cm³/mol. The molecule has 3 nitrogen and oxygen atoms in total. The number of likely N-dealkylation sites (tertiary alicyclic amines) is 1. The zero-order valence-corrected chi connectivity index (χ0v) is 16.6. The van der Waals surface area contributed by atoms with Gasteiger partial charge in [0.1, 0.15) is 0 Å². The summed E-state index contributed by atoms with van der Waals surface area (Å²) in [6.45, 7) is 4.52. The van der Waals surface area contributed by atoms with Gasteiger partial charge < -0.3 is 10.6 Å². The first-order chi connectivity index (χ1) is 12.7. The van der Waals surface area contributed by atoms with Crippen molar-refractivity contribution in [1.29, 1.82) is 0 Å². The molecule has 2 aromatic carbocycles. The zero-order chi connectivity index (χ0) is 18.2. The molecule has 1 aliphatic heterocycles. The van der Waals surface area contributed by atoms with Crippen molar-refractivity contribution in [2.24, 2.45) is 5.73 Å². The molecule has 4 heteroatoms. The number of likely N-dealkylation sites (N-methyl/N-ethyl adjacent to an activating group) is 1. The molecule has 140 valence electrons. The summed E-state index contributed by atoms with van der Waals surface area (Å²) in [5.74, 6) is 0.549. The second kappa shape index (κ2) is 10.1. The Morgan fingerprint density at radius 3 is 2.31 bits per heavy atom. The van der Waals surface area contributed by atoms with Crippen LogP contribution in [-0.2, 0) is 0 Å². The molecule has 3 rings (SSSR count). The molecule has 1 unspecified atom stereocenters. The van der Waals surface area contributed by atoms with Crippen LogP contribution in [0.2, 0.25) is 0 Å². The Morgan fingerprint density at radius 2 is 1.65 bits per heavy atom. The highest BCUT2D eigenvalue weighted by Gasteiger charge is 2.19. The maximum atomic E-state index is 6.05. The lowest BCUT2D eigenvalue weighted by atomic mass is 9.95. The maximum Gasteiger partial charge on any atom is 0.0230 e. The van der Waals surface area contributed by atoms with E-state index in [9.17, 15) is 0 Å². The lowest BCUT2D eigenvalue weighted by Gasteiger charge is -2.32. The fourth-order valence-corrected chi connectivity index (χ4v) is 4.51. The molecule has 0 saturated carbocycles. The Bertz CT molecular complexity index is 626. The van der Waals surface area contributed by atoms with Crippen molar-refractivity contribution >= 4 is 11.9 Å². The molecule has 0 radical (unpaired) electrons. The molecule has 1 saturated heterocycles. The molecule has 1 aliphatic rings. The summed E-state index contributed by atoms with van der Waals surface area (Å²) in [4.78, 5) is 3.88. The van der Waals surface area contributed by atoms with E-state index in [1.165, 1.54) is 16.9 Å². The molecule has 0 spiro atoms. The number of hydrogen-bond acceptors (Lipinski definition) is 4. The summed E-state index contributed by atoms with van der Waals surface area (Å²) in [5.41, 5.74) is 7.49. The smallest absolute Gasteiger partial charge is 0.0230 e. The second-order valence-corrected chi connectivity index (χ2v) is 8.57. The summed E-state index contributed by atoms with van der Waals surface area (Å²) in [6.07, 6.45) is 3.47. The number of nitrogens with zero attached hydrogens (tertiary/aromatic N) is 2. The SMILES string of the molecule is CN(CC(CCN1CCC(N)CC1)c1ccccc1)Sc1ccccc1. The summed E-state index contributed by atoms with van der Waals surface area (Å²) >= 11 is 1.83. The molecular weight excluding hydrogens is 338 g/mol. The van der Waals surface area contributed by atoms with Crippen molar-refractivity contribution in [3.05, 3.63) is 66.2 Å². The number of benzene rings is 2. The van der Waals surface area contributed by atoms with E-state index in [0.717, 1.165) is 39.0 Å². The molecule has 0 bridgehead atoms. The third kappa shape index (κ3) is 6.13. The summed E-state index contributed by atoms with van der Waals surface area (Å²) in [7, 11) is 2.20. The Balaban J connectivity index is 1.58. The highest BCUT2D eigenvalue weighted by Crippen LogP contribution is 2.27. The van der Waals surface area contributed by atoms with E-state index < -0.39 is 0 Å². The molecule has 0 aromatic heterocycles. The standard InChI is InChI=1S/C22H31N3S/c1-24(26-22-10-6-3-7-11-22)18-20(19-8-4-2-5-9-19)12-15-25-16-13-21(23)14-17-25/h2-11,20-21H,12-18,23H2,1H3. The minimum Gasteiger partial charge on any atom is -0.328 e. The van der Waals surface area contributed by atoms with E-state index in [2.05, 4.69) is 76.9 Å². The Hall–Kier alpha value is -1.33. The van der Waals surface area contributed by atoms with Crippen LogP contribution in [0.5, 0.6) is 0 Å². The molecule has 1 fully saturated rings. The van der Waals surface area contributed by atoms with Crippen molar-refractivity contribution < 1.29 is 0 Å². The zero-order valence-electron chi connectivity index (χ0n) is 15.8. The average molecular weight is 370 g/mol. The molecule has 1 atom stereocenters. The predicted octanol–water partition coefficient (Wildman–Crippen LogP) is 4.22. The highest BCUT2D eigenvalue weighted by atomic mass is 32.2. The first kappa shape index (κ1) is 19.4. The fraction of sp³-hybridized carbons (Fsp3) is 0.455. The maximum absolute atomic E-state index is 6.05. The van der Waals surface area contributed by atoms with Crippen LogP contribution in [0.4, 0.5) is 0 Å². The molecule has 2 N–H and O–H groups in total. The van der Waals surface area contributed by atoms with Gasteiger partial charge in [-0.3, -0.25) is 0 Å². The number of nitrogens with two attached hydrogens (primary N) is 1. The molecule has 26 heavy (non-hydrogen) atoms. The number of hydrogen-bond donors (Lipinski definition) is 1. The van der Waals surface area contributed by atoms with Gasteiger partial charge in [-0.25, -0.2) is 4.31 Å². The van der Waals surface area contributed by atoms with E-state index in [1.807, 2.05) is 11.9 Å². The first-order valence-corrected chi connectivity index (χ1v) is 10.4. The first-order valence-electron chi connectivity index (χ1n) is 9.68. The number of rotatable bonds is 8. The van der Waals surface area contributed by atoms with Gasteiger partial charge in [0.15, 0.2) is 0 Å². The van der Waals surface area contributed by atoms with Gasteiger partial charge in [0, 0.05) is 17.5 Å². The lowest BCUT2D eigenvalue weighted by Crippen LogP contribution is -2.40. The van der Waals surface area contributed by atoms with Crippen molar-refractivity contribution in [2.45, 2.75) is 36.1 Å². The van der Waals surface area contributed by atoms with Gasteiger partial charge in [-0.05, 0) is 81.5 Å².